The normalized spacial score (nSPS) is 13.8. The molecule has 1 aromatic rings. The maximum absolute atomic E-state index is 11.7. The van der Waals surface area contributed by atoms with E-state index in [0.29, 0.717) is 6.54 Å². The first kappa shape index (κ1) is 17.0. The molecule has 0 saturated carbocycles. The zero-order valence-corrected chi connectivity index (χ0v) is 13.0. The Balaban J connectivity index is 2.39. The van der Waals surface area contributed by atoms with Crippen molar-refractivity contribution in [2.45, 2.75) is 24.9 Å². The molecule has 0 bridgehead atoms. The Morgan fingerprint density at radius 3 is 2.70 bits per heavy atom. The summed E-state index contributed by atoms with van der Waals surface area (Å²) in [6, 6.07) is 9.84. The first-order valence-corrected chi connectivity index (χ1v) is 8.16. The van der Waals surface area contributed by atoms with Gasteiger partial charge in [0.05, 0.1) is 7.11 Å². The van der Waals surface area contributed by atoms with Crippen LogP contribution in [0, 0.1) is 0 Å². The molecule has 2 unspecified atom stereocenters. The molecule has 0 saturated heterocycles. The van der Waals surface area contributed by atoms with E-state index in [2.05, 4.69) is 17.4 Å². The Morgan fingerprint density at radius 2 is 2.10 bits per heavy atom. The molecule has 0 aliphatic carbocycles. The van der Waals surface area contributed by atoms with Crippen LogP contribution >= 0.6 is 11.8 Å². The van der Waals surface area contributed by atoms with Crippen LogP contribution in [0.15, 0.2) is 30.3 Å². The van der Waals surface area contributed by atoms with Crippen LogP contribution in [-0.2, 0) is 16.0 Å². The van der Waals surface area contributed by atoms with E-state index in [1.54, 1.807) is 11.8 Å². The summed E-state index contributed by atoms with van der Waals surface area (Å²) in [5.41, 5.74) is 7.31. The van der Waals surface area contributed by atoms with Crippen molar-refractivity contribution in [3.05, 3.63) is 35.9 Å². The summed E-state index contributed by atoms with van der Waals surface area (Å²) in [7, 11) is 1.42. The quantitative estimate of drug-likeness (QED) is 0.675. The summed E-state index contributed by atoms with van der Waals surface area (Å²) in [4.78, 5) is 11.7. The second-order valence-corrected chi connectivity index (χ2v) is 5.70. The minimum Gasteiger partial charge on any atom is -0.468 e. The molecule has 1 rings (SSSR count). The van der Waals surface area contributed by atoms with Crippen LogP contribution in [0.4, 0.5) is 0 Å². The topological polar surface area (TPSA) is 64.3 Å². The fraction of sp³-hybridized carbons (Fsp3) is 0.533. The summed E-state index contributed by atoms with van der Waals surface area (Å²) >= 11 is 1.72. The molecule has 1 aromatic carbocycles. The van der Waals surface area contributed by atoms with Crippen molar-refractivity contribution < 1.29 is 9.53 Å². The molecule has 0 aliphatic rings. The highest BCUT2D eigenvalue weighted by atomic mass is 32.2. The second kappa shape index (κ2) is 9.80. The van der Waals surface area contributed by atoms with Crippen molar-refractivity contribution in [2.75, 3.05) is 25.7 Å². The number of nitrogens with one attached hydrogen (secondary N) is 1. The van der Waals surface area contributed by atoms with Gasteiger partial charge in [0.15, 0.2) is 0 Å². The highest BCUT2D eigenvalue weighted by Crippen LogP contribution is 2.04. The molecule has 0 spiro atoms. The van der Waals surface area contributed by atoms with Crippen LogP contribution in [0.25, 0.3) is 0 Å². The van der Waals surface area contributed by atoms with Gasteiger partial charge in [-0.2, -0.15) is 11.8 Å². The SMILES string of the molecule is COC(=O)C(CCSC)NCC(N)Cc1ccccc1. The van der Waals surface area contributed by atoms with Crippen LogP contribution in [0.1, 0.15) is 12.0 Å². The van der Waals surface area contributed by atoms with E-state index in [0.717, 1.165) is 18.6 Å². The van der Waals surface area contributed by atoms with Gasteiger partial charge in [-0.15, -0.1) is 0 Å². The van der Waals surface area contributed by atoms with Crippen molar-refractivity contribution >= 4 is 17.7 Å². The molecule has 4 nitrogen and oxygen atoms in total. The van der Waals surface area contributed by atoms with E-state index in [9.17, 15) is 4.79 Å². The predicted molar refractivity (Wildman–Crippen MR) is 84.9 cm³/mol. The Labute approximate surface area is 125 Å². The number of esters is 1. The van der Waals surface area contributed by atoms with Gasteiger partial charge < -0.3 is 15.8 Å². The highest BCUT2D eigenvalue weighted by molar-refractivity contribution is 7.98. The molecule has 0 heterocycles. The monoisotopic (exact) mass is 296 g/mol. The molecule has 2 atom stereocenters. The van der Waals surface area contributed by atoms with Crippen molar-refractivity contribution in [1.29, 1.82) is 0 Å². The summed E-state index contributed by atoms with van der Waals surface area (Å²) in [5.74, 6) is 0.701. The smallest absolute Gasteiger partial charge is 0.322 e. The minimum atomic E-state index is -0.269. The van der Waals surface area contributed by atoms with Crippen LogP contribution in [0.3, 0.4) is 0 Å². The third-order valence-corrected chi connectivity index (χ3v) is 3.71. The predicted octanol–water partition coefficient (Wildman–Crippen LogP) is 1.44. The number of carbonyl (C=O) groups is 1. The Hall–Kier alpha value is -1.04. The van der Waals surface area contributed by atoms with E-state index in [1.165, 1.54) is 12.7 Å². The van der Waals surface area contributed by atoms with Gasteiger partial charge >= 0.3 is 5.97 Å². The lowest BCUT2D eigenvalue weighted by atomic mass is 10.1. The van der Waals surface area contributed by atoms with E-state index >= 15 is 0 Å². The molecule has 5 heteroatoms. The minimum absolute atomic E-state index is 0.0150. The maximum Gasteiger partial charge on any atom is 0.322 e. The number of thioether (sulfide) groups is 1. The molecule has 3 N–H and O–H groups in total. The standard InChI is InChI=1S/C15H24N2O2S/c1-19-15(18)14(8-9-20-2)17-11-13(16)10-12-6-4-3-5-7-12/h3-7,13-14,17H,8-11,16H2,1-2H3. The van der Waals surface area contributed by atoms with Crippen LogP contribution in [-0.4, -0.2) is 43.7 Å². The molecule has 112 valence electrons. The Kier molecular flexibility index (Phi) is 8.34. The highest BCUT2D eigenvalue weighted by Gasteiger charge is 2.18. The molecule has 0 radical (unpaired) electrons. The number of benzene rings is 1. The first-order chi connectivity index (χ1) is 9.67. The van der Waals surface area contributed by atoms with Crippen molar-refractivity contribution in [1.82, 2.24) is 5.32 Å². The van der Waals surface area contributed by atoms with Gasteiger partial charge in [-0.05, 0) is 30.4 Å². The second-order valence-electron chi connectivity index (χ2n) is 4.72. The fourth-order valence-corrected chi connectivity index (χ4v) is 2.44. The van der Waals surface area contributed by atoms with Gasteiger partial charge in [0.1, 0.15) is 6.04 Å². The molecule has 0 fully saturated rings. The van der Waals surface area contributed by atoms with Gasteiger partial charge in [0.2, 0.25) is 0 Å². The average Bonchev–Trinajstić information content (AvgIpc) is 2.47. The lowest BCUT2D eigenvalue weighted by Crippen LogP contribution is -2.45. The number of methoxy groups -OCH3 is 1. The maximum atomic E-state index is 11.7. The van der Waals surface area contributed by atoms with Crippen LogP contribution in [0.5, 0.6) is 0 Å². The van der Waals surface area contributed by atoms with Gasteiger partial charge in [-0.1, -0.05) is 30.3 Å². The third-order valence-electron chi connectivity index (χ3n) is 3.06. The van der Waals surface area contributed by atoms with Gasteiger partial charge in [-0.25, -0.2) is 0 Å². The van der Waals surface area contributed by atoms with E-state index in [4.69, 9.17) is 10.5 Å². The molecular weight excluding hydrogens is 272 g/mol. The largest absolute Gasteiger partial charge is 0.468 e. The summed E-state index contributed by atoms with van der Waals surface area (Å²) in [6.07, 6.45) is 3.58. The van der Waals surface area contributed by atoms with E-state index < -0.39 is 0 Å². The fourth-order valence-electron chi connectivity index (χ4n) is 1.96. The van der Waals surface area contributed by atoms with Gasteiger partial charge in [-0.3, -0.25) is 4.79 Å². The van der Waals surface area contributed by atoms with Crippen molar-refractivity contribution in [2.24, 2.45) is 5.73 Å². The molecule has 0 aliphatic heterocycles. The lowest BCUT2D eigenvalue weighted by molar-refractivity contribution is -0.143. The number of hydrogen-bond donors (Lipinski definition) is 2. The van der Waals surface area contributed by atoms with Crippen LogP contribution < -0.4 is 11.1 Å². The van der Waals surface area contributed by atoms with E-state index in [-0.39, 0.29) is 18.1 Å². The molecule has 0 aromatic heterocycles. The lowest BCUT2D eigenvalue weighted by Gasteiger charge is -2.19. The summed E-state index contributed by atoms with van der Waals surface area (Å²) in [5, 5.41) is 3.21. The number of ether oxygens (including phenoxy) is 1. The van der Waals surface area contributed by atoms with Gasteiger partial charge in [0.25, 0.3) is 0 Å². The number of carbonyl (C=O) groups excluding carboxylic acids is 1. The summed E-state index contributed by atoms with van der Waals surface area (Å²) < 4.78 is 4.81. The van der Waals surface area contributed by atoms with Gasteiger partial charge in [0, 0.05) is 12.6 Å². The third kappa shape index (κ3) is 6.41. The number of nitrogens with two attached hydrogens (primary N) is 1. The molecule has 20 heavy (non-hydrogen) atoms. The molecular formula is C15H24N2O2S. The number of rotatable bonds is 9. The van der Waals surface area contributed by atoms with Crippen LogP contribution in [0.2, 0.25) is 0 Å². The Bertz CT molecular complexity index is 387. The zero-order valence-electron chi connectivity index (χ0n) is 12.2. The average molecular weight is 296 g/mol. The van der Waals surface area contributed by atoms with Crippen molar-refractivity contribution in [3.63, 3.8) is 0 Å². The zero-order chi connectivity index (χ0) is 14.8. The first-order valence-electron chi connectivity index (χ1n) is 6.77. The molecule has 0 amide bonds. The van der Waals surface area contributed by atoms with Crippen molar-refractivity contribution in [3.8, 4) is 0 Å². The summed E-state index contributed by atoms with van der Waals surface area (Å²) in [6.45, 7) is 0.600. The van der Waals surface area contributed by atoms with E-state index in [1.807, 2.05) is 24.5 Å². The Morgan fingerprint density at radius 1 is 1.40 bits per heavy atom. The number of hydrogen-bond acceptors (Lipinski definition) is 5.